The third-order valence-corrected chi connectivity index (χ3v) is 4.90. The Bertz CT molecular complexity index is 333. The summed E-state index contributed by atoms with van der Waals surface area (Å²) in [5, 5.41) is 0. The number of hydrogen-bond acceptors (Lipinski definition) is 3. The molecule has 0 spiro atoms. The molecule has 0 aromatic rings. The van der Waals surface area contributed by atoms with Crippen LogP contribution in [0.2, 0.25) is 0 Å². The Labute approximate surface area is 153 Å². The van der Waals surface area contributed by atoms with Crippen LogP contribution in [-0.2, 0) is 0 Å². The summed E-state index contributed by atoms with van der Waals surface area (Å²) in [6.07, 6.45) is 3.84. The van der Waals surface area contributed by atoms with Crippen molar-refractivity contribution in [3.8, 4) is 0 Å². The van der Waals surface area contributed by atoms with E-state index >= 15 is 0 Å². The number of piperazine rings is 1. The third kappa shape index (κ3) is 5.85. The van der Waals surface area contributed by atoms with Gasteiger partial charge in [-0.3, -0.25) is 9.89 Å². The summed E-state index contributed by atoms with van der Waals surface area (Å²) in [4.78, 5) is 12.0. The second-order valence-corrected chi connectivity index (χ2v) is 6.90. The fourth-order valence-electron chi connectivity index (χ4n) is 3.31. The Kier molecular flexibility index (Phi) is 9.01. The molecule has 2 saturated heterocycles. The molecule has 2 heterocycles. The first kappa shape index (κ1) is 20.0. The van der Waals surface area contributed by atoms with Gasteiger partial charge in [0.25, 0.3) is 0 Å². The van der Waals surface area contributed by atoms with Crippen LogP contribution in [0.5, 0.6) is 0 Å². The smallest absolute Gasteiger partial charge is 0.191 e. The fourth-order valence-corrected chi connectivity index (χ4v) is 3.31. The summed E-state index contributed by atoms with van der Waals surface area (Å²) >= 11 is 0. The van der Waals surface area contributed by atoms with E-state index in [0.29, 0.717) is 12.0 Å². The molecule has 22 heavy (non-hydrogen) atoms. The molecule has 0 aliphatic carbocycles. The van der Waals surface area contributed by atoms with Crippen LogP contribution in [-0.4, -0.2) is 79.6 Å². The van der Waals surface area contributed by atoms with E-state index in [-0.39, 0.29) is 24.0 Å². The molecule has 2 N–H and O–H groups in total. The summed E-state index contributed by atoms with van der Waals surface area (Å²) < 4.78 is 0. The summed E-state index contributed by atoms with van der Waals surface area (Å²) in [7, 11) is 2.20. The van der Waals surface area contributed by atoms with E-state index in [9.17, 15) is 0 Å². The minimum atomic E-state index is 0. The second kappa shape index (κ2) is 9.93. The van der Waals surface area contributed by atoms with Crippen LogP contribution in [0.25, 0.3) is 0 Å². The number of guanidine groups is 1. The monoisotopic (exact) mass is 423 g/mol. The molecule has 2 fully saturated rings. The van der Waals surface area contributed by atoms with E-state index in [1.165, 1.54) is 19.3 Å². The van der Waals surface area contributed by atoms with Crippen LogP contribution in [0.1, 0.15) is 33.1 Å². The van der Waals surface area contributed by atoms with Gasteiger partial charge < -0.3 is 15.5 Å². The lowest BCUT2D eigenvalue weighted by molar-refractivity contribution is 0.0924. The second-order valence-electron chi connectivity index (χ2n) is 6.90. The molecular weight excluding hydrogens is 389 g/mol. The van der Waals surface area contributed by atoms with Gasteiger partial charge in [0, 0.05) is 45.3 Å². The Hall–Kier alpha value is -0.0800. The van der Waals surface area contributed by atoms with Gasteiger partial charge in [-0.15, -0.1) is 24.0 Å². The Morgan fingerprint density at radius 1 is 1.00 bits per heavy atom. The first-order valence-electron chi connectivity index (χ1n) is 8.55. The SMILES string of the molecule is CC(C)C(CN=C(N)N1CCCCC1)N1CCN(C)CC1.I. The molecule has 6 heteroatoms. The predicted octanol–water partition coefficient (Wildman–Crippen LogP) is 1.68. The van der Waals surface area contributed by atoms with Gasteiger partial charge in [0.1, 0.15) is 0 Å². The molecule has 2 aliphatic heterocycles. The van der Waals surface area contributed by atoms with Crippen molar-refractivity contribution in [2.45, 2.75) is 39.2 Å². The standard InChI is InChI=1S/C16H33N5.HI/c1-14(2)15(20-11-9-19(3)10-12-20)13-18-16(17)21-7-5-4-6-8-21;/h14-15H,4-13H2,1-3H3,(H2,17,18);1H. The van der Waals surface area contributed by atoms with Gasteiger partial charge in [-0.1, -0.05) is 13.8 Å². The maximum Gasteiger partial charge on any atom is 0.191 e. The number of nitrogens with zero attached hydrogens (tertiary/aromatic N) is 4. The zero-order chi connectivity index (χ0) is 15.2. The normalized spacial score (nSPS) is 23.5. The molecule has 1 unspecified atom stereocenters. The molecule has 2 aliphatic rings. The molecule has 0 amide bonds. The van der Waals surface area contributed by atoms with Crippen LogP contribution in [0.15, 0.2) is 4.99 Å². The third-order valence-electron chi connectivity index (χ3n) is 4.90. The van der Waals surface area contributed by atoms with Crippen molar-refractivity contribution < 1.29 is 0 Å². The minimum absolute atomic E-state index is 0. The molecule has 0 aromatic heterocycles. The highest BCUT2D eigenvalue weighted by Gasteiger charge is 2.25. The molecule has 2 rings (SSSR count). The van der Waals surface area contributed by atoms with Crippen molar-refractivity contribution in [1.29, 1.82) is 0 Å². The average molecular weight is 423 g/mol. The Balaban J connectivity index is 0.00000242. The van der Waals surface area contributed by atoms with Gasteiger partial charge >= 0.3 is 0 Å². The van der Waals surface area contributed by atoms with Gasteiger partial charge in [-0.05, 0) is 32.2 Å². The quantitative estimate of drug-likeness (QED) is 0.425. The first-order chi connectivity index (χ1) is 10.1. The van der Waals surface area contributed by atoms with Crippen molar-refractivity contribution in [1.82, 2.24) is 14.7 Å². The average Bonchev–Trinajstić information content (AvgIpc) is 2.49. The molecule has 0 aromatic carbocycles. The molecule has 0 saturated carbocycles. The lowest BCUT2D eigenvalue weighted by Crippen LogP contribution is -2.52. The number of nitrogens with two attached hydrogens (primary N) is 1. The molecule has 0 radical (unpaired) electrons. The number of piperidine rings is 1. The molecule has 1 atom stereocenters. The van der Waals surface area contributed by atoms with E-state index < -0.39 is 0 Å². The van der Waals surface area contributed by atoms with Crippen LogP contribution >= 0.6 is 24.0 Å². The maximum atomic E-state index is 6.20. The number of likely N-dealkylation sites (tertiary alicyclic amines) is 1. The highest BCUT2D eigenvalue weighted by Crippen LogP contribution is 2.14. The summed E-state index contributed by atoms with van der Waals surface area (Å²) in [6.45, 7) is 12.2. The van der Waals surface area contributed by atoms with E-state index in [1.54, 1.807) is 0 Å². The minimum Gasteiger partial charge on any atom is -0.370 e. The zero-order valence-electron chi connectivity index (χ0n) is 14.5. The van der Waals surface area contributed by atoms with Crippen LogP contribution in [0.4, 0.5) is 0 Å². The van der Waals surface area contributed by atoms with Gasteiger partial charge in [-0.2, -0.15) is 0 Å². The Morgan fingerprint density at radius 3 is 2.14 bits per heavy atom. The predicted molar refractivity (Wildman–Crippen MR) is 105 cm³/mol. The number of aliphatic imine (C=N–C) groups is 1. The van der Waals surface area contributed by atoms with E-state index in [4.69, 9.17) is 10.7 Å². The number of rotatable bonds is 4. The lowest BCUT2D eigenvalue weighted by Gasteiger charge is -2.39. The fraction of sp³-hybridized carbons (Fsp3) is 0.938. The van der Waals surface area contributed by atoms with Gasteiger partial charge in [0.05, 0.1) is 6.54 Å². The maximum absolute atomic E-state index is 6.20. The van der Waals surface area contributed by atoms with E-state index in [0.717, 1.165) is 51.8 Å². The van der Waals surface area contributed by atoms with Gasteiger partial charge in [0.2, 0.25) is 0 Å². The van der Waals surface area contributed by atoms with Crippen molar-refractivity contribution >= 4 is 29.9 Å². The summed E-state index contributed by atoms with van der Waals surface area (Å²) in [5.74, 6) is 1.38. The topological polar surface area (TPSA) is 48.1 Å². The van der Waals surface area contributed by atoms with E-state index in [2.05, 4.69) is 35.6 Å². The van der Waals surface area contributed by atoms with Crippen LogP contribution in [0, 0.1) is 5.92 Å². The molecule has 0 bridgehead atoms. The molecule has 130 valence electrons. The number of hydrogen-bond donors (Lipinski definition) is 1. The highest BCUT2D eigenvalue weighted by molar-refractivity contribution is 14.0. The number of halogens is 1. The number of likely N-dealkylation sites (N-methyl/N-ethyl adjacent to an activating group) is 1. The van der Waals surface area contributed by atoms with Crippen LogP contribution in [0.3, 0.4) is 0 Å². The summed E-state index contributed by atoms with van der Waals surface area (Å²) in [6, 6.07) is 0.516. The van der Waals surface area contributed by atoms with Crippen molar-refractivity contribution in [3.05, 3.63) is 0 Å². The van der Waals surface area contributed by atoms with Gasteiger partial charge in [-0.25, -0.2) is 0 Å². The zero-order valence-corrected chi connectivity index (χ0v) is 16.8. The molecule has 5 nitrogen and oxygen atoms in total. The highest BCUT2D eigenvalue weighted by atomic mass is 127. The largest absolute Gasteiger partial charge is 0.370 e. The first-order valence-corrected chi connectivity index (χ1v) is 8.55. The molecular formula is C16H34IN5. The van der Waals surface area contributed by atoms with Gasteiger partial charge in [0.15, 0.2) is 5.96 Å². The summed E-state index contributed by atoms with van der Waals surface area (Å²) in [5.41, 5.74) is 6.20. The van der Waals surface area contributed by atoms with Crippen molar-refractivity contribution in [2.75, 3.05) is 52.9 Å². The van der Waals surface area contributed by atoms with E-state index in [1.807, 2.05) is 0 Å². The van der Waals surface area contributed by atoms with Crippen molar-refractivity contribution in [2.24, 2.45) is 16.6 Å². The Morgan fingerprint density at radius 2 is 1.59 bits per heavy atom. The lowest BCUT2D eigenvalue weighted by atomic mass is 10.0. The van der Waals surface area contributed by atoms with Crippen molar-refractivity contribution in [3.63, 3.8) is 0 Å². The van der Waals surface area contributed by atoms with Crippen LogP contribution < -0.4 is 5.73 Å².